The highest BCUT2D eigenvalue weighted by molar-refractivity contribution is 5.88. The number of hydrogen-bond donors (Lipinski definition) is 0. The van der Waals surface area contributed by atoms with E-state index in [1.54, 1.807) is 13.2 Å². The quantitative estimate of drug-likeness (QED) is 0.554. The van der Waals surface area contributed by atoms with Gasteiger partial charge in [0.05, 0.1) is 0 Å². The van der Waals surface area contributed by atoms with Crippen LogP contribution in [0.4, 0.5) is 0 Å². The first-order chi connectivity index (χ1) is 5.12. The summed E-state index contributed by atoms with van der Waals surface area (Å²) in [5, 5.41) is 0. The molecule has 2 nitrogen and oxygen atoms in total. The Labute approximate surface area is 68.8 Å². The topological polar surface area (TPSA) is 24.7 Å². The third-order valence-corrected chi connectivity index (χ3v) is 1.10. The molecule has 0 aromatic rings. The lowest BCUT2D eigenvalue weighted by atomic mass is 9.98. The molecule has 0 bridgehead atoms. The minimum absolute atomic E-state index is 0.0335. The predicted molar refractivity (Wildman–Crippen MR) is 51.5 cm³/mol. The summed E-state index contributed by atoms with van der Waals surface area (Å²) >= 11 is 0. The Morgan fingerprint density at radius 3 is 2.27 bits per heavy atom. The van der Waals surface area contributed by atoms with Crippen LogP contribution in [0.5, 0.6) is 0 Å². The van der Waals surface area contributed by atoms with Gasteiger partial charge in [0.1, 0.15) is 0 Å². The van der Waals surface area contributed by atoms with Gasteiger partial charge in [0.15, 0.2) is 0 Å². The largest absolute Gasteiger partial charge is 0.300 e. The molecule has 0 aliphatic rings. The van der Waals surface area contributed by atoms with Gasteiger partial charge < -0.3 is 0 Å². The number of hydrogen-bond acceptors (Lipinski definition) is 2. The van der Waals surface area contributed by atoms with Gasteiger partial charge in [0, 0.05) is 31.1 Å². The summed E-state index contributed by atoms with van der Waals surface area (Å²) in [6.45, 7) is 6.07. The summed E-state index contributed by atoms with van der Waals surface area (Å²) in [4.78, 5) is 8.03. The summed E-state index contributed by atoms with van der Waals surface area (Å²) in [7, 11) is 1.77. The summed E-state index contributed by atoms with van der Waals surface area (Å²) in [6.07, 6.45) is 7.42. The zero-order chi connectivity index (χ0) is 8.74. The van der Waals surface area contributed by atoms with Crippen molar-refractivity contribution in [2.24, 2.45) is 15.4 Å². The highest BCUT2D eigenvalue weighted by Gasteiger charge is 2.09. The Bertz CT molecular complexity index is 176. The van der Waals surface area contributed by atoms with E-state index in [9.17, 15) is 0 Å². The van der Waals surface area contributed by atoms with E-state index in [1.807, 2.05) is 25.4 Å². The lowest BCUT2D eigenvalue weighted by Crippen LogP contribution is -2.14. The number of rotatable bonds is 3. The van der Waals surface area contributed by atoms with Gasteiger partial charge in [-0.2, -0.15) is 0 Å². The van der Waals surface area contributed by atoms with Crippen molar-refractivity contribution in [2.75, 3.05) is 7.05 Å². The summed E-state index contributed by atoms with van der Waals surface area (Å²) in [5.41, 5.74) is -0.0335. The standard InChI is InChI=1S/C9H16N2/c1-5-6-11-8-9(2,3)7-10-4/h5-8H,1-4H3/b6-5-,10-7-,11-8-. The van der Waals surface area contributed by atoms with Gasteiger partial charge in [0.2, 0.25) is 0 Å². The van der Waals surface area contributed by atoms with Crippen molar-refractivity contribution in [3.8, 4) is 0 Å². The van der Waals surface area contributed by atoms with E-state index in [0.29, 0.717) is 0 Å². The average molecular weight is 152 g/mol. The van der Waals surface area contributed by atoms with Crippen LogP contribution in [-0.2, 0) is 0 Å². The molecule has 0 saturated carbocycles. The maximum absolute atomic E-state index is 4.08. The zero-order valence-electron chi connectivity index (χ0n) is 7.70. The molecule has 0 amide bonds. The third-order valence-electron chi connectivity index (χ3n) is 1.10. The van der Waals surface area contributed by atoms with Crippen LogP contribution >= 0.6 is 0 Å². The molecule has 0 radical (unpaired) electrons. The highest BCUT2D eigenvalue weighted by Crippen LogP contribution is 2.07. The van der Waals surface area contributed by atoms with E-state index in [2.05, 4.69) is 23.8 Å². The van der Waals surface area contributed by atoms with Crippen LogP contribution < -0.4 is 0 Å². The lowest BCUT2D eigenvalue weighted by Gasteiger charge is -2.10. The van der Waals surface area contributed by atoms with Crippen LogP contribution in [0.15, 0.2) is 22.3 Å². The van der Waals surface area contributed by atoms with Gasteiger partial charge in [-0.15, -0.1) is 0 Å². The normalized spacial score (nSPS) is 14.2. The van der Waals surface area contributed by atoms with E-state index in [0.717, 1.165) is 0 Å². The van der Waals surface area contributed by atoms with Crippen molar-refractivity contribution < 1.29 is 0 Å². The second-order valence-electron chi connectivity index (χ2n) is 2.97. The minimum atomic E-state index is -0.0335. The Kier molecular flexibility index (Phi) is 4.42. The van der Waals surface area contributed by atoms with Crippen molar-refractivity contribution in [3.63, 3.8) is 0 Å². The molecular weight excluding hydrogens is 136 g/mol. The van der Waals surface area contributed by atoms with Crippen molar-refractivity contribution in [3.05, 3.63) is 12.3 Å². The minimum Gasteiger partial charge on any atom is -0.300 e. The molecule has 0 aliphatic heterocycles. The molecule has 0 saturated heterocycles. The first-order valence-corrected chi connectivity index (χ1v) is 3.71. The van der Waals surface area contributed by atoms with Crippen LogP contribution in [-0.4, -0.2) is 19.5 Å². The number of nitrogens with zero attached hydrogens (tertiary/aromatic N) is 2. The van der Waals surface area contributed by atoms with Crippen molar-refractivity contribution in [1.82, 2.24) is 0 Å². The van der Waals surface area contributed by atoms with E-state index in [1.165, 1.54) is 0 Å². The fourth-order valence-corrected chi connectivity index (χ4v) is 0.687. The maximum atomic E-state index is 4.08. The molecule has 0 aromatic carbocycles. The Balaban J connectivity index is 4.10. The van der Waals surface area contributed by atoms with Crippen molar-refractivity contribution >= 4 is 12.4 Å². The molecule has 62 valence electrons. The van der Waals surface area contributed by atoms with E-state index < -0.39 is 0 Å². The van der Waals surface area contributed by atoms with E-state index in [-0.39, 0.29) is 5.41 Å². The summed E-state index contributed by atoms with van der Waals surface area (Å²) in [5.74, 6) is 0. The van der Waals surface area contributed by atoms with Crippen LogP contribution in [0.3, 0.4) is 0 Å². The first-order valence-electron chi connectivity index (χ1n) is 3.71. The van der Waals surface area contributed by atoms with Crippen LogP contribution in [0, 0.1) is 5.41 Å². The zero-order valence-corrected chi connectivity index (χ0v) is 7.70. The monoisotopic (exact) mass is 152 g/mol. The number of allylic oxidation sites excluding steroid dienone is 1. The van der Waals surface area contributed by atoms with E-state index in [4.69, 9.17) is 0 Å². The second-order valence-corrected chi connectivity index (χ2v) is 2.97. The fraction of sp³-hybridized carbons (Fsp3) is 0.556. The fourth-order valence-electron chi connectivity index (χ4n) is 0.687. The molecule has 0 atom stereocenters. The molecule has 0 heterocycles. The molecule has 11 heavy (non-hydrogen) atoms. The third kappa shape index (κ3) is 5.52. The van der Waals surface area contributed by atoms with Gasteiger partial charge in [-0.25, -0.2) is 0 Å². The predicted octanol–water partition coefficient (Wildman–Crippen LogP) is 2.32. The molecule has 2 heteroatoms. The maximum Gasteiger partial charge on any atom is 0.0348 e. The average Bonchev–Trinajstić information content (AvgIpc) is 1.87. The van der Waals surface area contributed by atoms with Gasteiger partial charge in [-0.3, -0.25) is 9.98 Å². The van der Waals surface area contributed by atoms with E-state index >= 15 is 0 Å². The molecule has 0 spiro atoms. The second kappa shape index (κ2) is 4.83. The molecule has 0 aromatic heterocycles. The molecule has 0 fully saturated rings. The van der Waals surface area contributed by atoms with Crippen LogP contribution in [0.1, 0.15) is 20.8 Å². The van der Waals surface area contributed by atoms with Gasteiger partial charge in [-0.1, -0.05) is 6.08 Å². The number of aliphatic imine (C=N–C) groups is 2. The molecule has 0 aliphatic carbocycles. The molecule has 0 N–H and O–H groups in total. The summed E-state index contributed by atoms with van der Waals surface area (Å²) < 4.78 is 0. The van der Waals surface area contributed by atoms with Gasteiger partial charge in [0.25, 0.3) is 0 Å². The Morgan fingerprint density at radius 2 is 1.82 bits per heavy atom. The molecule has 0 unspecified atom stereocenters. The molecular formula is C9H16N2. The smallest absolute Gasteiger partial charge is 0.0348 e. The lowest BCUT2D eigenvalue weighted by molar-refractivity contribution is 0.763. The van der Waals surface area contributed by atoms with Crippen LogP contribution in [0.2, 0.25) is 0 Å². The highest BCUT2D eigenvalue weighted by atomic mass is 14.7. The first kappa shape index (κ1) is 10.1. The van der Waals surface area contributed by atoms with Gasteiger partial charge >= 0.3 is 0 Å². The Hall–Kier alpha value is -0.920. The summed E-state index contributed by atoms with van der Waals surface area (Å²) in [6, 6.07) is 0. The molecule has 0 rings (SSSR count). The SMILES string of the molecule is C/C=C\N=C/C(C)(C)/C=N\C. The van der Waals surface area contributed by atoms with Crippen molar-refractivity contribution in [2.45, 2.75) is 20.8 Å². The van der Waals surface area contributed by atoms with Gasteiger partial charge in [-0.05, 0) is 20.8 Å². The van der Waals surface area contributed by atoms with Crippen molar-refractivity contribution in [1.29, 1.82) is 0 Å². The van der Waals surface area contributed by atoms with Crippen LogP contribution in [0.25, 0.3) is 0 Å². The Morgan fingerprint density at radius 1 is 1.18 bits per heavy atom.